The molecule has 0 saturated heterocycles. The summed E-state index contributed by atoms with van der Waals surface area (Å²) >= 11 is 3.34. The molecule has 0 unspecified atom stereocenters. The van der Waals surface area contributed by atoms with Gasteiger partial charge in [0.1, 0.15) is 10.6 Å². The molecule has 3 atom stereocenters. The lowest BCUT2D eigenvalue weighted by atomic mass is 9.78. The van der Waals surface area contributed by atoms with Crippen molar-refractivity contribution in [3.05, 3.63) is 22.7 Å². The molecule has 124 valence electrons. The summed E-state index contributed by atoms with van der Waals surface area (Å²) < 4.78 is 34.7. The lowest BCUT2D eigenvalue weighted by Gasteiger charge is -2.34. The summed E-state index contributed by atoms with van der Waals surface area (Å²) in [6.45, 7) is 6.59. The highest BCUT2D eigenvalue weighted by molar-refractivity contribution is 9.10. The van der Waals surface area contributed by atoms with Crippen LogP contribution in [0.25, 0.3) is 0 Å². The van der Waals surface area contributed by atoms with Crippen LogP contribution >= 0.6 is 15.9 Å². The van der Waals surface area contributed by atoms with E-state index in [2.05, 4.69) is 34.5 Å². The average Bonchev–Trinajstić information content (AvgIpc) is 2.46. The van der Waals surface area contributed by atoms with Crippen molar-refractivity contribution in [3.63, 3.8) is 0 Å². The van der Waals surface area contributed by atoms with Crippen LogP contribution in [-0.4, -0.2) is 21.1 Å². The van der Waals surface area contributed by atoms with Crippen LogP contribution in [0.1, 0.15) is 40.0 Å². The predicted octanol–water partition coefficient (Wildman–Crippen LogP) is 3.95. The lowest BCUT2D eigenvalue weighted by molar-refractivity contribution is 0.226. The maximum atomic E-state index is 12.8. The van der Waals surface area contributed by atoms with E-state index in [-0.39, 0.29) is 10.9 Å². The molecular formula is C16H24BrNO3S. The van der Waals surface area contributed by atoms with E-state index in [1.54, 1.807) is 18.2 Å². The third-order valence-electron chi connectivity index (χ3n) is 4.51. The fraction of sp³-hybridized carbons (Fsp3) is 0.625. The summed E-state index contributed by atoms with van der Waals surface area (Å²) in [5.41, 5.74) is 0. The second-order valence-corrected chi connectivity index (χ2v) is 8.62. The summed E-state index contributed by atoms with van der Waals surface area (Å²) in [6.07, 6.45) is 3.12. The van der Waals surface area contributed by atoms with Crippen LogP contribution < -0.4 is 9.46 Å². The highest BCUT2D eigenvalue weighted by atomic mass is 79.9. The molecule has 1 fully saturated rings. The van der Waals surface area contributed by atoms with Crippen LogP contribution in [0.2, 0.25) is 0 Å². The van der Waals surface area contributed by atoms with Gasteiger partial charge in [-0.2, -0.15) is 0 Å². The van der Waals surface area contributed by atoms with Gasteiger partial charge in [0.2, 0.25) is 10.0 Å². The molecule has 0 amide bonds. The molecule has 1 saturated carbocycles. The Morgan fingerprint density at radius 1 is 1.32 bits per heavy atom. The summed E-state index contributed by atoms with van der Waals surface area (Å²) in [7, 11) is -3.60. The van der Waals surface area contributed by atoms with Gasteiger partial charge in [0.25, 0.3) is 0 Å². The molecule has 1 aliphatic carbocycles. The van der Waals surface area contributed by atoms with E-state index >= 15 is 0 Å². The molecule has 2 rings (SSSR count). The molecule has 1 aromatic rings. The van der Waals surface area contributed by atoms with Crippen LogP contribution in [0.15, 0.2) is 27.6 Å². The maximum Gasteiger partial charge on any atom is 0.244 e. The number of rotatable bonds is 5. The minimum atomic E-state index is -3.60. The molecule has 0 aromatic heterocycles. The third kappa shape index (κ3) is 4.03. The molecule has 0 heterocycles. The number of hydrogen-bond donors (Lipinski definition) is 1. The molecule has 0 aliphatic heterocycles. The number of nitrogens with one attached hydrogen (secondary N) is 1. The molecule has 22 heavy (non-hydrogen) atoms. The van der Waals surface area contributed by atoms with E-state index in [1.807, 2.05) is 6.92 Å². The van der Waals surface area contributed by atoms with Crippen LogP contribution in [0.5, 0.6) is 5.75 Å². The van der Waals surface area contributed by atoms with Crippen LogP contribution in [-0.2, 0) is 10.0 Å². The van der Waals surface area contributed by atoms with Gasteiger partial charge in [-0.3, -0.25) is 0 Å². The van der Waals surface area contributed by atoms with E-state index in [9.17, 15) is 8.42 Å². The topological polar surface area (TPSA) is 55.4 Å². The van der Waals surface area contributed by atoms with Gasteiger partial charge in [-0.15, -0.1) is 0 Å². The average molecular weight is 390 g/mol. The van der Waals surface area contributed by atoms with Crippen molar-refractivity contribution < 1.29 is 13.2 Å². The number of hydrogen-bond acceptors (Lipinski definition) is 3. The Morgan fingerprint density at radius 3 is 2.73 bits per heavy atom. The van der Waals surface area contributed by atoms with Crippen molar-refractivity contribution in [1.82, 2.24) is 4.72 Å². The first kappa shape index (κ1) is 17.8. The number of sulfonamides is 1. The van der Waals surface area contributed by atoms with Crippen LogP contribution in [0.4, 0.5) is 0 Å². The first-order valence-electron chi connectivity index (χ1n) is 7.80. The van der Waals surface area contributed by atoms with E-state index in [0.29, 0.717) is 24.2 Å². The van der Waals surface area contributed by atoms with Gasteiger partial charge in [0.15, 0.2) is 0 Å². The largest absolute Gasteiger partial charge is 0.492 e. The van der Waals surface area contributed by atoms with Gasteiger partial charge < -0.3 is 4.74 Å². The lowest BCUT2D eigenvalue weighted by Crippen LogP contribution is -2.43. The van der Waals surface area contributed by atoms with Gasteiger partial charge in [-0.05, 0) is 43.4 Å². The molecule has 1 aromatic carbocycles. The molecule has 1 aliphatic rings. The fourth-order valence-electron chi connectivity index (χ4n) is 2.98. The Balaban J connectivity index is 2.28. The second kappa shape index (κ2) is 7.32. The Bertz CT molecular complexity index is 618. The predicted molar refractivity (Wildman–Crippen MR) is 91.6 cm³/mol. The zero-order chi connectivity index (χ0) is 16.3. The smallest absolute Gasteiger partial charge is 0.244 e. The summed E-state index contributed by atoms with van der Waals surface area (Å²) in [5.74, 6) is 1.27. The highest BCUT2D eigenvalue weighted by Crippen LogP contribution is 2.32. The van der Waals surface area contributed by atoms with Crippen LogP contribution in [0, 0.1) is 11.8 Å². The fourth-order valence-corrected chi connectivity index (χ4v) is 5.02. The summed E-state index contributed by atoms with van der Waals surface area (Å²) in [6, 6.07) is 5.07. The van der Waals surface area contributed by atoms with E-state index in [1.165, 1.54) is 6.42 Å². The normalized spacial score (nSPS) is 25.9. The quantitative estimate of drug-likeness (QED) is 0.828. The summed E-state index contributed by atoms with van der Waals surface area (Å²) in [5, 5.41) is 0. The van der Waals surface area contributed by atoms with E-state index < -0.39 is 10.0 Å². The Kier molecular flexibility index (Phi) is 5.91. The van der Waals surface area contributed by atoms with Gasteiger partial charge in [-0.25, -0.2) is 13.1 Å². The van der Waals surface area contributed by atoms with Crippen molar-refractivity contribution in [2.24, 2.45) is 11.8 Å². The standard InChI is InChI=1S/C16H24BrNO3S/c1-4-21-15-9-8-13(17)10-16(15)22(19,20)18-14-7-5-6-11(2)12(14)3/h8-12,14,18H,4-7H2,1-3H3/t11-,12-,14-/m1/s1. The van der Waals surface area contributed by atoms with Crippen molar-refractivity contribution in [3.8, 4) is 5.75 Å². The van der Waals surface area contributed by atoms with Crippen molar-refractivity contribution in [2.75, 3.05) is 6.61 Å². The minimum absolute atomic E-state index is 0.0118. The third-order valence-corrected chi connectivity index (χ3v) is 6.51. The molecule has 0 radical (unpaired) electrons. The van der Waals surface area contributed by atoms with Gasteiger partial charge in [0.05, 0.1) is 6.61 Å². The van der Waals surface area contributed by atoms with Crippen molar-refractivity contribution >= 4 is 26.0 Å². The van der Waals surface area contributed by atoms with Crippen molar-refractivity contribution in [1.29, 1.82) is 0 Å². The molecular weight excluding hydrogens is 366 g/mol. The number of ether oxygens (including phenoxy) is 1. The summed E-state index contributed by atoms with van der Waals surface area (Å²) in [4.78, 5) is 0.203. The zero-order valence-corrected chi connectivity index (χ0v) is 15.7. The first-order valence-corrected chi connectivity index (χ1v) is 10.1. The highest BCUT2D eigenvalue weighted by Gasteiger charge is 2.32. The zero-order valence-electron chi connectivity index (χ0n) is 13.3. The maximum absolute atomic E-state index is 12.8. The SMILES string of the molecule is CCOc1ccc(Br)cc1S(=O)(=O)N[C@@H]1CCC[C@@H](C)[C@H]1C. The van der Waals surface area contributed by atoms with E-state index in [4.69, 9.17) is 4.74 Å². The first-order chi connectivity index (χ1) is 10.3. The van der Waals surface area contributed by atoms with Crippen LogP contribution in [0.3, 0.4) is 0 Å². The Hall–Kier alpha value is -0.590. The molecule has 0 bridgehead atoms. The monoisotopic (exact) mass is 389 g/mol. The second-order valence-electron chi connectivity index (χ2n) is 6.02. The van der Waals surface area contributed by atoms with Gasteiger partial charge in [0, 0.05) is 10.5 Å². The minimum Gasteiger partial charge on any atom is -0.492 e. The molecule has 6 heteroatoms. The molecule has 4 nitrogen and oxygen atoms in total. The molecule has 0 spiro atoms. The Labute approximate surface area is 141 Å². The van der Waals surface area contributed by atoms with E-state index in [0.717, 1.165) is 17.3 Å². The molecule has 1 N–H and O–H groups in total. The van der Waals surface area contributed by atoms with Gasteiger partial charge >= 0.3 is 0 Å². The Morgan fingerprint density at radius 2 is 2.05 bits per heavy atom. The van der Waals surface area contributed by atoms with Gasteiger partial charge in [-0.1, -0.05) is 42.6 Å². The van der Waals surface area contributed by atoms with Crippen molar-refractivity contribution in [2.45, 2.75) is 51.0 Å². The number of benzene rings is 1. The number of halogens is 1.